The van der Waals surface area contributed by atoms with Gasteiger partial charge in [-0.1, -0.05) is 29.8 Å². The van der Waals surface area contributed by atoms with Crippen LogP contribution < -0.4 is 9.64 Å². The maximum Gasteiger partial charge on any atom is 0.301 e. The molecule has 1 aliphatic rings. The second kappa shape index (κ2) is 9.52. The highest BCUT2D eigenvalue weighted by molar-refractivity contribution is 7.14. The zero-order chi connectivity index (χ0) is 24.4. The Bertz CT molecular complexity index is 1400. The van der Waals surface area contributed by atoms with Crippen molar-refractivity contribution in [3.05, 3.63) is 112 Å². The minimum atomic E-state index is -0.818. The molecule has 174 valence electrons. The minimum absolute atomic E-state index is 0.00447. The van der Waals surface area contributed by atoms with Crippen molar-refractivity contribution < 1.29 is 19.4 Å². The lowest BCUT2D eigenvalue weighted by atomic mass is 9.96. The smallest absolute Gasteiger partial charge is 0.301 e. The summed E-state index contributed by atoms with van der Waals surface area (Å²) in [7, 11) is 0. The number of carbonyl (C=O) groups is 2. The number of nitrogens with zero attached hydrogens (tertiary/aromatic N) is 3. The Balaban J connectivity index is 1.47. The van der Waals surface area contributed by atoms with Gasteiger partial charge < -0.3 is 9.84 Å². The van der Waals surface area contributed by atoms with E-state index in [1.807, 2.05) is 25.1 Å². The van der Waals surface area contributed by atoms with Gasteiger partial charge in [0.2, 0.25) is 0 Å². The molecule has 35 heavy (non-hydrogen) atoms. The number of aliphatic hydroxyl groups is 1. The molecule has 7 nitrogen and oxygen atoms in total. The summed E-state index contributed by atoms with van der Waals surface area (Å²) in [5.74, 6) is -1.13. The van der Waals surface area contributed by atoms with Crippen molar-refractivity contribution in [3.63, 3.8) is 0 Å². The van der Waals surface area contributed by atoms with Crippen molar-refractivity contribution in [1.29, 1.82) is 0 Å². The Morgan fingerprint density at radius 1 is 1.06 bits per heavy atom. The average molecular weight is 484 g/mol. The lowest BCUT2D eigenvalue weighted by Gasteiger charge is -2.22. The van der Waals surface area contributed by atoms with Crippen molar-refractivity contribution in [2.75, 3.05) is 4.90 Å². The van der Waals surface area contributed by atoms with Gasteiger partial charge in [0.25, 0.3) is 5.78 Å². The monoisotopic (exact) mass is 483 g/mol. The molecular weight excluding hydrogens is 462 g/mol. The number of aliphatic hydroxyl groups excluding tert-OH is 1. The van der Waals surface area contributed by atoms with Crippen molar-refractivity contribution in [3.8, 4) is 5.75 Å². The lowest BCUT2D eigenvalue weighted by Crippen LogP contribution is -2.29. The van der Waals surface area contributed by atoms with Gasteiger partial charge in [0.15, 0.2) is 5.13 Å². The molecule has 1 amide bonds. The number of benzene rings is 2. The van der Waals surface area contributed by atoms with Crippen molar-refractivity contribution in [1.82, 2.24) is 9.97 Å². The number of rotatable bonds is 6. The van der Waals surface area contributed by atoms with Crippen molar-refractivity contribution >= 4 is 33.9 Å². The van der Waals surface area contributed by atoms with Gasteiger partial charge in [-0.2, -0.15) is 0 Å². The third-order valence-electron chi connectivity index (χ3n) is 5.71. The lowest BCUT2D eigenvalue weighted by molar-refractivity contribution is -0.132. The summed E-state index contributed by atoms with van der Waals surface area (Å²) in [4.78, 5) is 35.7. The summed E-state index contributed by atoms with van der Waals surface area (Å²) in [5.41, 5.74) is 3.27. The fraction of sp³-hybridized carbons (Fsp3) is 0.111. The minimum Gasteiger partial charge on any atom is -0.507 e. The Hall–Kier alpha value is -4.30. The Labute approximate surface area is 206 Å². The molecule has 2 aromatic heterocycles. The molecule has 5 rings (SSSR count). The van der Waals surface area contributed by atoms with E-state index in [9.17, 15) is 14.7 Å². The number of ketones is 1. The number of aromatic nitrogens is 2. The molecule has 3 heterocycles. The van der Waals surface area contributed by atoms with Crippen LogP contribution in [0.1, 0.15) is 28.3 Å². The molecule has 1 saturated heterocycles. The number of pyridine rings is 1. The molecule has 1 N–H and O–H groups in total. The maximum atomic E-state index is 13.1. The van der Waals surface area contributed by atoms with E-state index >= 15 is 0 Å². The molecule has 4 aromatic rings. The topological polar surface area (TPSA) is 92.6 Å². The van der Waals surface area contributed by atoms with Crippen molar-refractivity contribution in [2.45, 2.75) is 19.6 Å². The summed E-state index contributed by atoms with van der Waals surface area (Å²) < 4.78 is 5.86. The molecule has 0 saturated carbocycles. The van der Waals surface area contributed by atoms with E-state index in [0.29, 0.717) is 28.6 Å². The molecule has 1 aliphatic heterocycles. The van der Waals surface area contributed by atoms with Crippen LogP contribution in [0.3, 0.4) is 0 Å². The van der Waals surface area contributed by atoms with E-state index in [2.05, 4.69) is 16.0 Å². The SMILES string of the molecule is Cc1cccc(COc2ccc(C(O)=C3C(=O)C(=O)N(c4nccs4)C3c3ccncc3)cc2)c1. The summed E-state index contributed by atoms with van der Waals surface area (Å²) in [6.07, 6.45) is 4.73. The molecule has 1 unspecified atom stereocenters. The fourth-order valence-corrected chi connectivity index (χ4v) is 4.73. The van der Waals surface area contributed by atoms with Gasteiger partial charge in [0.05, 0.1) is 11.6 Å². The van der Waals surface area contributed by atoms with Gasteiger partial charge in [0.1, 0.15) is 18.1 Å². The Morgan fingerprint density at radius 2 is 1.83 bits per heavy atom. The number of thiazole rings is 1. The quantitative estimate of drug-likeness (QED) is 0.234. The third kappa shape index (κ3) is 4.43. The number of anilines is 1. The number of carbonyl (C=O) groups excluding carboxylic acids is 2. The second-order valence-electron chi connectivity index (χ2n) is 8.07. The van der Waals surface area contributed by atoms with Gasteiger partial charge in [-0.15, -0.1) is 11.3 Å². The molecule has 0 aliphatic carbocycles. The van der Waals surface area contributed by atoms with Gasteiger partial charge in [0, 0.05) is 29.5 Å². The highest BCUT2D eigenvalue weighted by Gasteiger charge is 2.47. The van der Waals surface area contributed by atoms with E-state index in [-0.39, 0.29) is 11.3 Å². The number of amides is 1. The molecule has 0 spiro atoms. The van der Waals surface area contributed by atoms with Crippen molar-refractivity contribution in [2.24, 2.45) is 0 Å². The van der Waals surface area contributed by atoms with Gasteiger partial charge in [-0.05, 0) is 54.4 Å². The van der Waals surface area contributed by atoms with Crippen LogP contribution in [-0.4, -0.2) is 26.8 Å². The first-order valence-electron chi connectivity index (χ1n) is 10.9. The first-order chi connectivity index (χ1) is 17.0. The van der Waals surface area contributed by atoms with Crippen LogP contribution in [0.4, 0.5) is 5.13 Å². The van der Waals surface area contributed by atoms with Gasteiger partial charge in [-0.25, -0.2) is 4.98 Å². The van der Waals surface area contributed by atoms with Crippen LogP contribution in [0.2, 0.25) is 0 Å². The first-order valence-corrected chi connectivity index (χ1v) is 11.8. The van der Waals surface area contributed by atoms with E-state index in [4.69, 9.17) is 4.74 Å². The average Bonchev–Trinajstić information content (AvgIpc) is 3.50. The van der Waals surface area contributed by atoms with E-state index < -0.39 is 17.7 Å². The summed E-state index contributed by atoms with van der Waals surface area (Å²) >= 11 is 1.25. The highest BCUT2D eigenvalue weighted by atomic mass is 32.1. The number of ether oxygens (including phenoxy) is 1. The molecule has 0 radical (unpaired) electrons. The summed E-state index contributed by atoms with van der Waals surface area (Å²) in [6, 6.07) is 17.5. The van der Waals surface area contributed by atoms with E-state index in [1.165, 1.54) is 16.2 Å². The largest absolute Gasteiger partial charge is 0.507 e. The zero-order valence-corrected chi connectivity index (χ0v) is 19.6. The molecule has 8 heteroatoms. The Morgan fingerprint density at radius 3 is 2.51 bits per heavy atom. The number of Topliss-reactive ketones (excluding diaryl/α,β-unsaturated/α-hetero) is 1. The molecular formula is C27H21N3O4S. The fourth-order valence-electron chi connectivity index (χ4n) is 4.06. The third-order valence-corrected chi connectivity index (χ3v) is 6.48. The summed E-state index contributed by atoms with van der Waals surface area (Å²) in [6.45, 7) is 2.44. The number of hydrogen-bond donors (Lipinski definition) is 1. The second-order valence-corrected chi connectivity index (χ2v) is 8.94. The predicted octanol–water partition coefficient (Wildman–Crippen LogP) is 5.05. The molecule has 2 aromatic carbocycles. The normalized spacial score (nSPS) is 17.1. The number of aryl methyl sites for hydroxylation is 1. The van der Waals surface area contributed by atoms with Gasteiger partial charge >= 0.3 is 5.91 Å². The van der Waals surface area contributed by atoms with Crippen LogP contribution in [0.5, 0.6) is 5.75 Å². The van der Waals surface area contributed by atoms with Crippen LogP contribution in [0, 0.1) is 6.92 Å². The molecule has 0 bridgehead atoms. The predicted molar refractivity (Wildman–Crippen MR) is 133 cm³/mol. The van der Waals surface area contributed by atoms with E-state index in [0.717, 1.165) is 11.1 Å². The van der Waals surface area contributed by atoms with E-state index in [1.54, 1.807) is 60.4 Å². The van der Waals surface area contributed by atoms with Crippen LogP contribution in [0.15, 0.2) is 90.2 Å². The highest BCUT2D eigenvalue weighted by Crippen LogP contribution is 2.42. The van der Waals surface area contributed by atoms with Crippen LogP contribution in [-0.2, 0) is 16.2 Å². The zero-order valence-electron chi connectivity index (χ0n) is 18.8. The summed E-state index contributed by atoms with van der Waals surface area (Å²) in [5, 5.41) is 13.3. The van der Waals surface area contributed by atoms with Crippen LogP contribution >= 0.6 is 11.3 Å². The number of hydrogen-bond acceptors (Lipinski definition) is 7. The Kier molecular flexibility index (Phi) is 6.12. The standard InChI is InChI=1S/C27H21N3O4S/c1-17-3-2-4-18(15-17)16-34-21-7-5-20(6-8-21)24(31)22-23(19-9-11-28-12-10-19)30(26(33)25(22)32)27-29-13-14-35-27/h2-15,23,31H,16H2,1H3. The molecule has 1 atom stereocenters. The molecule has 1 fully saturated rings. The maximum absolute atomic E-state index is 13.1. The van der Waals surface area contributed by atoms with Gasteiger partial charge in [-0.3, -0.25) is 19.5 Å². The van der Waals surface area contributed by atoms with Crippen LogP contribution in [0.25, 0.3) is 5.76 Å². The first kappa shape index (κ1) is 22.5.